The van der Waals surface area contributed by atoms with E-state index in [1.165, 1.54) is 12.6 Å². The maximum Gasteiger partial charge on any atom is 0.321 e. The molecule has 0 radical (unpaired) electrons. The van der Waals surface area contributed by atoms with Crippen molar-refractivity contribution in [2.24, 2.45) is 0 Å². The molecule has 0 fully saturated rings. The van der Waals surface area contributed by atoms with Gasteiger partial charge in [0.1, 0.15) is 5.75 Å². The van der Waals surface area contributed by atoms with Crippen molar-refractivity contribution in [2.75, 3.05) is 25.5 Å². The first-order chi connectivity index (χ1) is 9.70. The minimum absolute atomic E-state index is 0.136. The van der Waals surface area contributed by atoms with Crippen molar-refractivity contribution >= 4 is 17.6 Å². The second kappa shape index (κ2) is 6.79. The molecule has 3 amide bonds. The molecule has 6 heteroatoms. The minimum atomic E-state index is -0.506. The molecule has 6 nitrogen and oxygen atoms in total. The van der Waals surface area contributed by atoms with Crippen LogP contribution in [0.25, 0.3) is 0 Å². The summed E-state index contributed by atoms with van der Waals surface area (Å²) in [4.78, 5) is 22.4. The molecule has 2 rings (SSSR count). The lowest BCUT2D eigenvalue weighted by atomic mass is 10.0. The zero-order chi connectivity index (χ0) is 14.4. The first kappa shape index (κ1) is 14.2. The van der Waals surface area contributed by atoms with Gasteiger partial charge in [-0.05, 0) is 24.5 Å². The summed E-state index contributed by atoms with van der Waals surface area (Å²) in [5.74, 6) is 0.400. The summed E-state index contributed by atoms with van der Waals surface area (Å²) >= 11 is 0. The number of fused-ring (bicyclic) bond motifs is 1. The van der Waals surface area contributed by atoms with Gasteiger partial charge in [-0.25, -0.2) is 4.79 Å². The number of hydrogen-bond acceptors (Lipinski definition) is 4. The van der Waals surface area contributed by atoms with Crippen molar-refractivity contribution in [3.63, 3.8) is 0 Å². The number of hydrogen-bond donors (Lipinski definition) is 3. The number of para-hydroxylation sites is 1. The molecule has 0 saturated heterocycles. The van der Waals surface area contributed by atoms with Gasteiger partial charge in [0, 0.05) is 13.6 Å². The Morgan fingerprint density at radius 2 is 2.25 bits per heavy atom. The molecule has 0 spiro atoms. The zero-order valence-electron chi connectivity index (χ0n) is 11.5. The molecule has 1 aliphatic rings. The average molecular weight is 277 g/mol. The van der Waals surface area contributed by atoms with E-state index in [1.807, 2.05) is 12.1 Å². The van der Waals surface area contributed by atoms with Crippen LogP contribution in [-0.4, -0.2) is 32.1 Å². The Kier molecular flexibility index (Phi) is 4.81. The number of carbonyl (C=O) groups excluding carboxylic acids is 2. The van der Waals surface area contributed by atoms with Gasteiger partial charge in [0.15, 0.2) is 0 Å². The van der Waals surface area contributed by atoms with Crippen molar-refractivity contribution in [1.82, 2.24) is 10.6 Å². The van der Waals surface area contributed by atoms with Crippen LogP contribution in [0.2, 0.25) is 0 Å². The molecule has 0 bridgehead atoms. The van der Waals surface area contributed by atoms with Gasteiger partial charge in [0.2, 0.25) is 5.91 Å². The van der Waals surface area contributed by atoms with Crippen molar-refractivity contribution in [2.45, 2.75) is 19.3 Å². The second-order valence-corrected chi connectivity index (χ2v) is 4.55. The highest BCUT2D eigenvalue weighted by molar-refractivity contribution is 5.94. The summed E-state index contributed by atoms with van der Waals surface area (Å²) in [5, 5.41) is 7.84. The highest BCUT2D eigenvalue weighted by Crippen LogP contribution is 2.31. The summed E-state index contributed by atoms with van der Waals surface area (Å²) < 4.78 is 5.64. The number of amides is 3. The maximum atomic E-state index is 11.4. The first-order valence-electron chi connectivity index (χ1n) is 6.71. The summed E-state index contributed by atoms with van der Waals surface area (Å²) in [6.07, 6.45) is 2.29. The second-order valence-electron chi connectivity index (χ2n) is 4.55. The molecule has 1 aromatic carbocycles. The molecule has 0 unspecified atom stereocenters. The molecule has 0 aliphatic carbocycles. The fourth-order valence-corrected chi connectivity index (χ4v) is 2.10. The molecule has 0 aromatic heterocycles. The first-order valence-corrected chi connectivity index (χ1v) is 6.71. The van der Waals surface area contributed by atoms with Gasteiger partial charge in [-0.3, -0.25) is 10.1 Å². The third kappa shape index (κ3) is 3.63. The van der Waals surface area contributed by atoms with Gasteiger partial charge >= 0.3 is 6.03 Å². The van der Waals surface area contributed by atoms with Crippen molar-refractivity contribution in [3.8, 4) is 5.75 Å². The SMILES string of the molecule is CNC(=O)NC(=O)CCOc1cccc2c1NCCC2. The van der Waals surface area contributed by atoms with E-state index in [4.69, 9.17) is 4.74 Å². The maximum absolute atomic E-state index is 11.4. The van der Waals surface area contributed by atoms with Crippen molar-refractivity contribution in [1.29, 1.82) is 0 Å². The Hall–Kier alpha value is -2.24. The Morgan fingerprint density at radius 1 is 1.40 bits per heavy atom. The molecule has 1 aliphatic heterocycles. The molecular weight excluding hydrogens is 258 g/mol. The third-order valence-corrected chi connectivity index (χ3v) is 3.10. The van der Waals surface area contributed by atoms with Crippen LogP contribution < -0.4 is 20.7 Å². The lowest BCUT2D eigenvalue weighted by molar-refractivity contribution is -0.120. The van der Waals surface area contributed by atoms with Crippen LogP contribution in [0, 0.1) is 0 Å². The summed E-state index contributed by atoms with van der Waals surface area (Å²) in [6.45, 7) is 1.17. The van der Waals surface area contributed by atoms with E-state index < -0.39 is 6.03 Å². The van der Waals surface area contributed by atoms with Crippen molar-refractivity contribution < 1.29 is 14.3 Å². The predicted molar refractivity (Wildman–Crippen MR) is 76.0 cm³/mol. The Balaban J connectivity index is 1.85. The standard InChI is InChI=1S/C14H19N3O3/c1-15-14(19)17-12(18)7-9-20-11-6-2-4-10-5-3-8-16-13(10)11/h2,4,6,16H,3,5,7-9H2,1H3,(H2,15,17,18,19). The quantitative estimate of drug-likeness (QED) is 0.774. The summed E-state index contributed by atoms with van der Waals surface area (Å²) in [5.41, 5.74) is 2.26. The van der Waals surface area contributed by atoms with E-state index in [1.54, 1.807) is 0 Å². The van der Waals surface area contributed by atoms with Crippen LogP contribution in [0.3, 0.4) is 0 Å². The number of nitrogens with one attached hydrogen (secondary N) is 3. The van der Waals surface area contributed by atoms with E-state index >= 15 is 0 Å². The Labute approximate surface area is 117 Å². The molecular formula is C14H19N3O3. The van der Waals surface area contributed by atoms with Gasteiger partial charge in [0.05, 0.1) is 18.7 Å². The van der Waals surface area contributed by atoms with E-state index in [0.29, 0.717) is 0 Å². The number of rotatable bonds is 4. The zero-order valence-corrected chi connectivity index (χ0v) is 11.5. The van der Waals surface area contributed by atoms with Gasteiger partial charge in [-0.2, -0.15) is 0 Å². The average Bonchev–Trinajstić information content (AvgIpc) is 2.47. The van der Waals surface area contributed by atoms with Gasteiger partial charge < -0.3 is 15.4 Å². The van der Waals surface area contributed by atoms with Crippen LogP contribution in [0.15, 0.2) is 18.2 Å². The fraction of sp³-hybridized carbons (Fsp3) is 0.429. The van der Waals surface area contributed by atoms with Crippen LogP contribution >= 0.6 is 0 Å². The molecule has 3 N–H and O–H groups in total. The summed E-state index contributed by atoms with van der Waals surface area (Å²) in [7, 11) is 1.46. The number of aryl methyl sites for hydroxylation is 1. The molecule has 0 saturated carbocycles. The van der Waals surface area contributed by atoms with Crippen LogP contribution in [0.4, 0.5) is 10.5 Å². The Morgan fingerprint density at radius 3 is 3.05 bits per heavy atom. The molecule has 1 aromatic rings. The number of ether oxygens (including phenoxy) is 1. The largest absolute Gasteiger partial charge is 0.491 e. The van der Waals surface area contributed by atoms with Crippen molar-refractivity contribution in [3.05, 3.63) is 23.8 Å². The molecule has 1 heterocycles. The van der Waals surface area contributed by atoms with E-state index in [9.17, 15) is 9.59 Å². The monoisotopic (exact) mass is 277 g/mol. The molecule has 108 valence electrons. The van der Waals surface area contributed by atoms with Gasteiger partial charge in [0.25, 0.3) is 0 Å². The number of imide groups is 1. The van der Waals surface area contributed by atoms with Crippen LogP contribution in [0.1, 0.15) is 18.4 Å². The highest BCUT2D eigenvalue weighted by Gasteiger charge is 2.13. The highest BCUT2D eigenvalue weighted by atomic mass is 16.5. The smallest absolute Gasteiger partial charge is 0.321 e. The predicted octanol–water partition coefficient (Wildman–Crippen LogP) is 1.27. The number of urea groups is 1. The number of carbonyl (C=O) groups is 2. The fourth-order valence-electron chi connectivity index (χ4n) is 2.10. The number of benzene rings is 1. The van der Waals surface area contributed by atoms with Crippen LogP contribution in [0.5, 0.6) is 5.75 Å². The topological polar surface area (TPSA) is 79.5 Å². The normalized spacial score (nSPS) is 12.8. The summed E-state index contributed by atoms with van der Waals surface area (Å²) in [6, 6.07) is 5.40. The lowest BCUT2D eigenvalue weighted by Gasteiger charge is -2.21. The van der Waals surface area contributed by atoms with E-state index in [-0.39, 0.29) is 18.9 Å². The van der Waals surface area contributed by atoms with Crippen LogP contribution in [-0.2, 0) is 11.2 Å². The third-order valence-electron chi connectivity index (χ3n) is 3.10. The Bertz CT molecular complexity index is 502. The van der Waals surface area contributed by atoms with Gasteiger partial charge in [-0.15, -0.1) is 0 Å². The van der Waals surface area contributed by atoms with Gasteiger partial charge in [-0.1, -0.05) is 12.1 Å². The van der Waals surface area contributed by atoms with E-state index in [2.05, 4.69) is 22.0 Å². The molecule has 20 heavy (non-hydrogen) atoms. The lowest BCUT2D eigenvalue weighted by Crippen LogP contribution is -2.37. The molecule has 0 atom stereocenters. The number of anilines is 1. The minimum Gasteiger partial charge on any atom is -0.491 e. The van der Waals surface area contributed by atoms with E-state index in [0.717, 1.165) is 30.8 Å².